The minimum absolute atomic E-state index is 0.0656. The first-order chi connectivity index (χ1) is 17.7. The normalized spacial score (nSPS) is 11.0. The minimum atomic E-state index is -5.08. The van der Waals surface area contributed by atoms with Crippen LogP contribution in [0.3, 0.4) is 0 Å². The van der Waals surface area contributed by atoms with Crippen LogP contribution in [-0.2, 0) is 4.79 Å². The maximum atomic E-state index is 14.2. The van der Waals surface area contributed by atoms with Gasteiger partial charge in [0.1, 0.15) is 17.5 Å². The van der Waals surface area contributed by atoms with Gasteiger partial charge in [-0.3, -0.25) is 4.79 Å². The first-order valence-corrected chi connectivity index (χ1v) is 10.1. The number of carbonyl (C=O) groups is 3. The number of carbonyl (C=O) groups excluding carboxylic acids is 1. The summed E-state index contributed by atoms with van der Waals surface area (Å²) in [6.07, 6.45) is -5.08. The Balaban J connectivity index is 0.000000505. The zero-order valence-electron chi connectivity index (χ0n) is 18.7. The molecule has 0 saturated carbocycles. The average Bonchev–Trinajstić information content (AvgIpc) is 3.21. The molecular weight excluding hydrogens is 528 g/mol. The Morgan fingerprint density at radius 1 is 0.947 bits per heavy atom. The Bertz CT molecular complexity index is 1570. The SMILES string of the molecule is Cc1noc2nc(-c3cc(F)ccc3F)cc(C(=O)Nc3ccc(C(=O)O)cc3F)c12.O=C(O)C(F)(F)F. The molecule has 0 aliphatic carbocycles. The zero-order chi connectivity index (χ0) is 28.4. The van der Waals surface area contributed by atoms with E-state index in [2.05, 4.69) is 15.5 Å². The van der Waals surface area contributed by atoms with Crippen LogP contribution in [0.15, 0.2) is 47.0 Å². The van der Waals surface area contributed by atoms with Crippen molar-refractivity contribution in [1.82, 2.24) is 10.1 Å². The molecule has 38 heavy (non-hydrogen) atoms. The predicted octanol–water partition coefficient (Wildman–Crippen LogP) is 5.20. The molecule has 0 atom stereocenters. The number of hydrogen-bond donors (Lipinski definition) is 3. The third-order valence-corrected chi connectivity index (χ3v) is 4.77. The molecule has 2 aromatic carbocycles. The summed E-state index contributed by atoms with van der Waals surface area (Å²) >= 11 is 0. The third-order valence-electron chi connectivity index (χ3n) is 4.77. The van der Waals surface area contributed by atoms with Gasteiger partial charge in [0, 0.05) is 5.56 Å². The summed E-state index contributed by atoms with van der Waals surface area (Å²) in [5.41, 5.74) is -0.710. The topological polar surface area (TPSA) is 143 Å². The second-order valence-electron chi connectivity index (χ2n) is 7.38. The Hall–Kier alpha value is -4.95. The molecule has 0 radical (unpaired) electrons. The molecule has 2 heterocycles. The molecule has 3 N–H and O–H groups in total. The Morgan fingerprint density at radius 3 is 2.18 bits per heavy atom. The second kappa shape index (κ2) is 10.6. The van der Waals surface area contributed by atoms with E-state index < -0.39 is 41.5 Å². The zero-order valence-corrected chi connectivity index (χ0v) is 18.7. The van der Waals surface area contributed by atoms with Gasteiger partial charge < -0.3 is 20.1 Å². The van der Waals surface area contributed by atoms with Crippen molar-refractivity contribution < 1.29 is 55.5 Å². The van der Waals surface area contributed by atoms with Crippen LogP contribution >= 0.6 is 0 Å². The molecule has 0 saturated heterocycles. The number of pyridine rings is 1. The number of carboxylic acid groups (broad SMARTS) is 2. The summed E-state index contributed by atoms with van der Waals surface area (Å²) in [4.78, 5) is 36.9. The summed E-state index contributed by atoms with van der Waals surface area (Å²) in [5, 5.41) is 22.3. The predicted molar refractivity (Wildman–Crippen MR) is 117 cm³/mol. The van der Waals surface area contributed by atoms with Crippen molar-refractivity contribution in [3.05, 3.63) is 76.7 Å². The summed E-state index contributed by atoms with van der Waals surface area (Å²) in [6, 6.07) is 6.97. The van der Waals surface area contributed by atoms with Crippen molar-refractivity contribution in [2.24, 2.45) is 0 Å². The van der Waals surface area contributed by atoms with E-state index in [4.69, 9.17) is 19.5 Å². The van der Waals surface area contributed by atoms with Crippen molar-refractivity contribution in [1.29, 1.82) is 0 Å². The highest BCUT2D eigenvalue weighted by molar-refractivity contribution is 6.13. The molecule has 0 unspecified atom stereocenters. The molecule has 4 rings (SSSR count). The lowest BCUT2D eigenvalue weighted by Crippen LogP contribution is -2.21. The van der Waals surface area contributed by atoms with Crippen LogP contribution in [0, 0.1) is 24.4 Å². The van der Waals surface area contributed by atoms with E-state index in [9.17, 15) is 35.9 Å². The first kappa shape index (κ1) is 27.6. The van der Waals surface area contributed by atoms with E-state index in [-0.39, 0.29) is 39.2 Å². The molecule has 0 aliphatic rings. The number of aryl methyl sites for hydroxylation is 1. The van der Waals surface area contributed by atoms with Crippen LogP contribution in [-0.4, -0.2) is 44.4 Å². The molecule has 198 valence electrons. The molecule has 0 bridgehead atoms. The van der Waals surface area contributed by atoms with E-state index in [0.717, 1.165) is 36.4 Å². The van der Waals surface area contributed by atoms with Crippen molar-refractivity contribution in [2.75, 3.05) is 5.32 Å². The highest BCUT2D eigenvalue weighted by Gasteiger charge is 2.38. The van der Waals surface area contributed by atoms with Crippen molar-refractivity contribution in [2.45, 2.75) is 13.1 Å². The molecule has 15 heteroatoms. The number of nitrogens with one attached hydrogen (secondary N) is 1. The fourth-order valence-electron chi connectivity index (χ4n) is 3.04. The number of nitrogens with zero attached hydrogens (tertiary/aromatic N) is 2. The van der Waals surface area contributed by atoms with E-state index in [1.807, 2.05) is 0 Å². The van der Waals surface area contributed by atoms with E-state index in [0.29, 0.717) is 5.69 Å². The second-order valence-corrected chi connectivity index (χ2v) is 7.38. The minimum Gasteiger partial charge on any atom is -0.478 e. The number of anilines is 1. The Morgan fingerprint density at radius 2 is 1.61 bits per heavy atom. The van der Waals surface area contributed by atoms with Gasteiger partial charge in [0.2, 0.25) is 0 Å². The molecular formula is C23H13F6N3O6. The average molecular weight is 541 g/mol. The van der Waals surface area contributed by atoms with Crippen LogP contribution < -0.4 is 5.32 Å². The highest BCUT2D eigenvalue weighted by atomic mass is 19.4. The fourth-order valence-corrected chi connectivity index (χ4v) is 3.04. The number of amides is 1. The molecule has 0 aliphatic heterocycles. The summed E-state index contributed by atoms with van der Waals surface area (Å²) in [7, 11) is 0. The molecule has 0 spiro atoms. The van der Waals surface area contributed by atoms with Crippen LogP contribution in [0.5, 0.6) is 0 Å². The number of carboxylic acids is 2. The van der Waals surface area contributed by atoms with Crippen molar-refractivity contribution >= 4 is 34.6 Å². The van der Waals surface area contributed by atoms with Gasteiger partial charge in [-0.15, -0.1) is 0 Å². The van der Waals surface area contributed by atoms with Gasteiger partial charge in [0.15, 0.2) is 0 Å². The number of fused-ring (bicyclic) bond motifs is 1. The summed E-state index contributed by atoms with van der Waals surface area (Å²) in [6.45, 7) is 1.55. The lowest BCUT2D eigenvalue weighted by Gasteiger charge is -2.10. The maximum absolute atomic E-state index is 14.2. The third kappa shape index (κ3) is 6.05. The van der Waals surface area contributed by atoms with Crippen LogP contribution in [0.25, 0.3) is 22.4 Å². The molecule has 1 amide bonds. The number of aromatic carboxylic acids is 1. The fraction of sp³-hybridized carbons (Fsp3) is 0.0870. The lowest BCUT2D eigenvalue weighted by atomic mass is 10.0. The number of halogens is 6. The number of hydrogen-bond acceptors (Lipinski definition) is 6. The molecule has 4 aromatic rings. The number of alkyl halides is 3. The van der Waals surface area contributed by atoms with E-state index >= 15 is 0 Å². The summed E-state index contributed by atoms with van der Waals surface area (Å²) in [5.74, 6) is -7.33. The molecule has 0 fully saturated rings. The number of aromatic nitrogens is 2. The number of rotatable bonds is 4. The highest BCUT2D eigenvalue weighted by Crippen LogP contribution is 2.30. The van der Waals surface area contributed by atoms with Gasteiger partial charge in [0.25, 0.3) is 11.6 Å². The monoisotopic (exact) mass is 541 g/mol. The van der Waals surface area contributed by atoms with E-state index in [1.165, 1.54) is 6.07 Å². The molecule has 9 nitrogen and oxygen atoms in total. The smallest absolute Gasteiger partial charge is 0.478 e. The van der Waals surface area contributed by atoms with Crippen molar-refractivity contribution in [3.63, 3.8) is 0 Å². The Kier molecular flexibility index (Phi) is 7.69. The summed E-state index contributed by atoms with van der Waals surface area (Å²) < 4.78 is 79.0. The van der Waals surface area contributed by atoms with Crippen LogP contribution in [0.4, 0.5) is 32.0 Å². The van der Waals surface area contributed by atoms with Gasteiger partial charge in [-0.25, -0.2) is 27.7 Å². The van der Waals surface area contributed by atoms with Crippen LogP contribution in [0.1, 0.15) is 26.4 Å². The van der Waals surface area contributed by atoms with Gasteiger partial charge >= 0.3 is 18.1 Å². The molecule has 2 aromatic heterocycles. The van der Waals surface area contributed by atoms with Gasteiger partial charge in [0.05, 0.1) is 33.6 Å². The largest absolute Gasteiger partial charge is 0.490 e. The standard InChI is InChI=1S/C21H12F3N3O4.C2HF3O2/c1-9-18-13(19(28)25-16-5-2-10(21(29)30)6-15(16)24)8-17(26-20(18)31-27-9)12-7-11(22)3-4-14(12)23;3-2(4,5)1(6)7/h2-8H,1H3,(H,25,28)(H,29,30);(H,6,7). The Labute approximate surface area is 207 Å². The van der Waals surface area contributed by atoms with E-state index in [1.54, 1.807) is 6.92 Å². The van der Waals surface area contributed by atoms with Gasteiger partial charge in [-0.05, 0) is 49.4 Å². The number of benzene rings is 2. The lowest BCUT2D eigenvalue weighted by molar-refractivity contribution is -0.192. The van der Waals surface area contributed by atoms with Gasteiger partial charge in [-0.2, -0.15) is 13.2 Å². The van der Waals surface area contributed by atoms with Crippen molar-refractivity contribution in [3.8, 4) is 11.3 Å². The first-order valence-electron chi connectivity index (χ1n) is 10.1. The maximum Gasteiger partial charge on any atom is 0.490 e. The van der Waals surface area contributed by atoms with Gasteiger partial charge in [-0.1, -0.05) is 5.16 Å². The quantitative estimate of drug-likeness (QED) is 0.299. The van der Waals surface area contributed by atoms with Crippen LogP contribution in [0.2, 0.25) is 0 Å². The number of aliphatic carboxylic acids is 1.